The average Bonchev–Trinajstić information content (AvgIpc) is 3.08. The van der Waals surface area contributed by atoms with Gasteiger partial charge < -0.3 is 9.84 Å². The van der Waals surface area contributed by atoms with Gasteiger partial charge in [-0.3, -0.25) is 9.69 Å². The lowest BCUT2D eigenvalue weighted by Crippen LogP contribution is -2.46. The first-order valence-corrected chi connectivity index (χ1v) is 10.2. The van der Waals surface area contributed by atoms with Crippen molar-refractivity contribution < 1.29 is 9.32 Å². The zero-order valence-corrected chi connectivity index (χ0v) is 17.0. The Labute approximate surface area is 158 Å². The second-order valence-electron chi connectivity index (χ2n) is 8.46. The number of aryl methyl sites for hydroxylation is 1. The van der Waals surface area contributed by atoms with Crippen LogP contribution in [0.15, 0.2) is 4.52 Å². The molecule has 1 atom stereocenters. The van der Waals surface area contributed by atoms with Gasteiger partial charge in [0.1, 0.15) is 0 Å². The number of aromatic nitrogens is 2. The molecule has 0 aliphatic carbocycles. The summed E-state index contributed by atoms with van der Waals surface area (Å²) in [4.78, 5) is 19.1. The summed E-state index contributed by atoms with van der Waals surface area (Å²) >= 11 is 0. The lowest BCUT2D eigenvalue weighted by atomic mass is 9.96. The summed E-state index contributed by atoms with van der Waals surface area (Å²) < 4.78 is 5.28. The van der Waals surface area contributed by atoms with Crippen LogP contribution in [0.2, 0.25) is 0 Å². The SMILES string of the molecule is CCCCN1CCCCC1CNC(=O)CCCc1nc(C(C)(C)C)no1. The highest BCUT2D eigenvalue weighted by Crippen LogP contribution is 2.19. The van der Waals surface area contributed by atoms with E-state index in [1.54, 1.807) is 0 Å². The van der Waals surface area contributed by atoms with Gasteiger partial charge in [0.25, 0.3) is 0 Å². The minimum Gasteiger partial charge on any atom is -0.355 e. The van der Waals surface area contributed by atoms with Gasteiger partial charge in [0.2, 0.25) is 11.8 Å². The van der Waals surface area contributed by atoms with E-state index in [2.05, 4.69) is 48.1 Å². The third kappa shape index (κ3) is 6.71. The van der Waals surface area contributed by atoms with Crippen molar-refractivity contribution in [2.75, 3.05) is 19.6 Å². The van der Waals surface area contributed by atoms with Crippen LogP contribution in [0, 0.1) is 0 Å². The number of likely N-dealkylation sites (tertiary alicyclic amines) is 1. The van der Waals surface area contributed by atoms with E-state index in [-0.39, 0.29) is 11.3 Å². The van der Waals surface area contributed by atoms with E-state index in [9.17, 15) is 4.79 Å². The summed E-state index contributed by atoms with van der Waals surface area (Å²) in [6.45, 7) is 11.5. The third-order valence-corrected chi connectivity index (χ3v) is 5.02. The molecule has 1 aromatic heterocycles. The first-order chi connectivity index (χ1) is 12.4. The van der Waals surface area contributed by atoms with Crippen LogP contribution in [-0.4, -0.2) is 46.6 Å². The van der Waals surface area contributed by atoms with Crippen LogP contribution < -0.4 is 5.32 Å². The van der Waals surface area contributed by atoms with E-state index in [1.165, 1.54) is 38.6 Å². The first-order valence-electron chi connectivity index (χ1n) is 10.2. The second kappa shape index (κ2) is 10.0. The van der Waals surface area contributed by atoms with Crippen LogP contribution in [0.5, 0.6) is 0 Å². The fourth-order valence-electron chi connectivity index (χ4n) is 3.33. The second-order valence-corrected chi connectivity index (χ2v) is 8.46. The van der Waals surface area contributed by atoms with Crippen molar-refractivity contribution in [3.8, 4) is 0 Å². The van der Waals surface area contributed by atoms with Crippen molar-refractivity contribution in [1.82, 2.24) is 20.4 Å². The molecule has 2 heterocycles. The standard InChI is InChI=1S/C20H36N4O2/c1-5-6-13-24-14-8-7-10-16(24)15-21-17(25)11-9-12-18-22-19(23-26-18)20(2,3)4/h16H,5-15H2,1-4H3,(H,21,25). The lowest BCUT2D eigenvalue weighted by molar-refractivity contribution is -0.121. The van der Waals surface area contributed by atoms with Gasteiger partial charge in [-0.25, -0.2) is 0 Å². The van der Waals surface area contributed by atoms with E-state index < -0.39 is 0 Å². The van der Waals surface area contributed by atoms with Crippen LogP contribution in [0.25, 0.3) is 0 Å². The lowest BCUT2D eigenvalue weighted by Gasteiger charge is -2.35. The van der Waals surface area contributed by atoms with Gasteiger partial charge in [-0.2, -0.15) is 4.98 Å². The molecule has 1 amide bonds. The molecule has 1 aromatic rings. The molecule has 148 valence electrons. The van der Waals surface area contributed by atoms with Crippen molar-refractivity contribution in [1.29, 1.82) is 0 Å². The maximum Gasteiger partial charge on any atom is 0.226 e. The number of hydrogen-bond acceptors (Lipinski definition) is 5. The summed E-state index contributed by atoms with van der Waals surface area (Å²) in [6, 6.07) is 0.504. The zero-order chi connectivity index (χ0) is 19.0. The summed E-state index contributed by atoms with van der Waals surface area (Å²) in [5.74, 6) is 1.48. The molecule has 2 rings (SSSR count). The Kier molecular flexibility index (Phi) is 8.07. The summed E-state index contributed by atoms with van der Waals surface area (Å²) in [6.07, 6.45) is 8.12. The number of carbonyl (C=O) groups excluding carboxylic acids is 1. The van der Waals surface area contributed by atoms with Crippen LogP contribution in [0.1, 0.15) is 84.4 Å². The van der Waals surface area contributed by atoms with Crippen LogP contribution >= 0.6 is 0 Å². The van der Waals surface area contributed by atoms with Crippen molar-refractivity contribution in [2.45, 2.75) is 90.5 Å². The molecule has 1 aliphatic heterocycles. The Morgan fingerprint density at radius 2 is 2.12 bits per heavy atom. The van der Waals surface area contributed by atoms with Gasteiger partial charge in [0.15, 0.2) is 5.82 Å². The van der Waals surface area contributed by atoms with E-state index in [1.807, 2.05) is 0 Å². The Bertz CT molecular complexity index is 550. The molecule has 0 saturated carbocycles. The molecule has 1 aliphatic rings. The zero-order valence-electron chi connectivity index (χ0n) is 17.0. The summed E-state index contributed by atoms with van der Waals surface area (Å²) in [5.41, 5.74) is -0.108. The smallest absolute Gasteiger partial charge is 0.226 e. The largest absolute Gasteiger partial charge is 0.355 e. The van der Waals surface area contributed by atoms with Gasteiger partial charge in [-0.1, -0.05) is 45.7 Å². The number of nitrogens with zero attached hydrogens (tertiary/aromatic N) is 3. The van der Waals surface area contributed by atoms with E-state index >= 15 is 0 Å². The number of nitrogens with one attached hydrogen (secondary N) is 1. The predicted octanol–water partition coefficient (Wildman–Crippen LogP) is 3.46. The van der Waals surface area contributed by atoms with Gasteiger partial charge in [-0.15, -0.1) is 0 Å². The number of rotatable bonds is 9. The van der Waals surface area contributed by atoms with Crippen LogP contribution in [-0.2, 0) is 16.6 Å². The molecule has 26 heavy (non-hydrogen) atoms. The number of piperidine rings is 1. The molecular formula is C20H36N4O2. The topological polar surface area (TPSA) is 71.3 Å². The van der Waals surface area contributed by atoms with Gasteiger partial charge >= 0.3 is 0 Å². The number of carbonyl (C=O) groups is 1. The van der Waals surface area contributed by atoms with Crippen molar-refractivity contribution in [3.63, 3.8) is 0 Å². The highest BCUT2D eigenvalue weighted by Gasteiger charge is 2.23. The maximum absolute atomic E-state index is 12.2. The molecule has 6 nitrogen and oxygen atoms in total. The Morgan fingerprint density at radius 3 is 2.81 bits per heavy atom. The van der Waals surface area contributed by atoms with E-state index in [0.29, 0.717) is 24.8 Å². The third-order valence-electron chi connectivity index (χ3n) is 5.02. The van der Waals surface area contributed by atoms with E-state index in [0.717, 1.165) is 25.3 Å². The Morgan fingerprint density at radius 1 is 1.31 bits per heavy atom. The molecular weight excluding hydrogens is 328 g/mol. The quantitative estimate of drug-likeness (QED) is 0.726. The number of hydrogen-bond donors (Lipinski definition) is 1. The Hall–Kier alpha value is -1.43. The highest BCUT2D eigenvalue weighted by atomic mass is 16.5. The van der Waals surface area contributed by atoms with Crippen LogP contribution in [0.4, 0.5) is 0 Å². The number of amides is 1. The minimum atomic E-state index is -0.108. The molecule has 0 spiro atoms. The fraction of sp³-hybridized carbons (Fsp3) is 0.850. The van der Waals surface area contributed by atoms with Gasteiger partial charge in [-0.05, 0) is 38.8 Å². The minimum absolute atomic E-state index is 0.108. The highest BCUT2D eigenvalue weighted by molar-refractivity contribution is 5.75. The molecule has 0 bridgehead atoms. The summed E-state index contributed by atoms with van der Waals surface area (Å²) in [5, 5.41) is 7.15. The molecule has 1 saturated heterocycles. The molecule has 1 unspecified atom stereocenters. The molecule has 1 N–H and O–H groups in total. The normalized spacial score (nSPS) is 18.8. The monoisotopic (exact) mass is 364 g/mol. The predicted molar refractivity (Wildman–Crippen MR) is 103 cm³/mol. The molecule has 6 heteroatoms. The van der Waals surface area contributed by atoms with Crippen molar-refractivity contribution >= 4 is 5.91 Å². The first kappa shape index (κ1) is 20.9. The molecule has 1 fully saturated rings. The average molecular weight is 365 g/mol. The number of unbranched alkanes of at least 4 members (excludes halogenated alkanes) is 1. The maximum atomic E-state index is 12.2. The fourth-order valence-corrected chi connectivity index (χ4v) is 3.33. The van der Waals surface area contributed by atoms with Crippen LogP contribution in [0.3, 0.4) is 0 Å². The molecule has 0 aromatic carbocycles. The van der Waals surface area contributed by atoms with Crippen molar-refractivity contribution in [2.24, 2.45) is 0 Å². The Balaban J connectivity index is 1.67. The molecule has 0 radical (unpaired) electrons. The van der Waals surface area contributed by atoms with Gasteiger partial charge in [0, 0.05) is 30.8 Å². The summed E-state index contributed by atoms with van der Waals surface area (Å²) in [7, 11) is 0. The van der Waals surface area contributed by atoms with Crippen molar-refractivity contribution in [3.05, 3.63) is 11.7 Å². The van der Waals surface area contributed by atoms with Gasteiger partial charge in [0.05, 0.1) is 0 Å². The van der Waals surface area contributed by atoms with E-state index in [4.69, 9.17) is 4.52 Å².